The van der Waals surface area contributed by atoms with E-state index in [9.17, 15) is 26.4 Å². The molecule has 0 radical (unpaired) electrons. The molecule has 1 amide bonds. The van der Waals surface area contributed by atoms with Crippen molar-refractivity contribution in [1.29, 1.82) is 0 Å². The number of sulfonamides is 1. The van der Waals surface area contributed by atoms with Crippen LogP contribution in [0.2, 0.25) is 0 Å². The number of carbonyl (C=O) groups is 1. The molecular weight excluding hydrogens is 419 g/mol. The quantitative estimate of drug-likeness (QED) is 0.739. The third kappa shape index (κ3) is 4.42. The van der Waals surface area contributed by atoms with Crippen molar-refractivity contribution >= 4 is 38.1 Å². The Bertz CT molecular complexity index is 969. The molecule has 1 fully saturated rings. The van der Waals surface area contributed by atoms with E-state index in [2.05, 4.69) is 15.5 Å². The van der Waals surface area contributed by atoms with E-state index in [1.54, 1.807) is 11.0 Å². The first kappa shape index (κ1) is 20.5. The number of halogens is 3. The van der Waals surface area contributed by atoms with Gasteiger partial charge >= 0.3 is 6.18 Å². The van der Waals surface area contributed by atoms with E-state index < -0.39 is 27.7 Å². The summed E-state index contributed by atoms with van der Waals surface area (Å²) in [5.41, 5.74) is -0.366. The number of carbonyl (C=O) groups excluding carboxylic acids is 1. The standard InChI is InChI=1S/C15H16F3N5O3S2/c1-10(24)19-13-20-21-14(27-13)28(25,26)23-7-5-22(6-8-23)12-4-2-3-11(9-12)15(16,17)18/h2-4,9H,5-8H2,1H3,(H,19,20,24). The Morgan fingerprint density at radius 1 is 1.18 bits per heavy atom. The molecule has 8 nitrogen and oxygen atoms in total. The van der Waals surface area contributed by atoms with Crippen molar-refractivity contribution in [3.8, 4) is 0 Å². The maximum Gasteiger partial charge on any atom is 0.416 e. The summed E-state index contributed by atoms with van der Waals surface area (Å²) < 4.78 is 64.9. The lowest BCUT2D eigenvalue weighted by molar-refractivity contribution is -0.137. The highest BCUT2D eigenvalue weighted by atomic mass is 32.2. The maximum atomic E-state index is 12.9. The first-order valence-corrected chi connectivity index (χ1v) is 10.4. The number of benzene rings is 1. The Kier molecular flexibility index (Phi) is 5.59. The fraction of sp³-hybridized carbons (Fsp3) is 0.400. The van der Waals surface area contributed by atoms with Gasteiger partial charge in [-0.05, 0) is 18.2 Å². The van der Waals surface area contributed by atoms with Gasteiger partial charge in [0.2, 0.25) is 15.4 Å². The zero-order valence-corrected chi connectivity index (χ0v) is 16.2. The van der Waals surface area contributed by atoms with Crippen molar-refractivity contribution in [3.63, 3.8) is 0 Å². The lowest BCUT2D eigenvalue weighted by Gasteiger charge is -2.35. The normalized spacial score (nSPS) is 16.2. The van der Waals surface area contributed by atoms with Gasteiger partial charge in [0.25, 0.3) is 10.0 Å². The van der Waals surface area contributed by atoms with Crippen LogP contribution in [0, 0.1) is 0 Å². The van der Waals surface area contributed by atoms with Crippen LogP contribution in [0.15, 0.2) is 28.6 Å². The number of hydrogen-bond acceptors (Lipinski definition) is 7. The summed E-state index contributed by atoms with van der Waals surface area (Å²) in [7, 11) is -3.89. The van der Waals surface area contributed by atoms with E-state index >= 15 is 0 Å². The third-order valence-electron chi connectivity index (χ3n) is 4.03. The molecule has 1 saturated heterocycles. The smallest absolute Gasteiger partial charge is 0.369 e. The molecule has 1 aliphatic rings. The number of nitrogens with zero attached hydrogens (tertiary/aromatic N) is 4. The van der Waals surface area contributed by atoms with Gasteiger partial charge in [-0.15, -0.1) is 10.2 Å². The average Bonchev–Trinajstić information content (AvgIpc) is 3.10. The third-order valence-corrected chi connectivity index (χ3v) is 7.11. The van der Waals surface area contributed by atoms with E-state index in [4.69, 9.17) is 0 Å². The van der Waals surface area contributed by atoms with Crippen LogP contribution < -0.4 is 10.2 Å². The van der Waals surface area contributed by atoms with Gasteiger partial charge in [-0.25, -0.2) is 8.42 Å². The van der Waals surface area contributed by atoms with Crippen LogP contribution in [0.3, 0.4) is 0 Å². The average molecular weight is 435 g/mol. The van der Waals surface area contributed by atoms with Gasteiger partial charge in [0.05, 0.1) is 5.56 Å². The Hall–Kier alpha value is -2.25. The molecule has 13 heteroatoms. The minimum absolute atomic E-state index is 0.0775. The van der Waals surface area contributed by atoms with Crippen LogP contribution >= 0.6 is 11.3 Å². The fourth-order valence-electron chi connectivity index (χ4n) is 2.69. The van der Waals surface area contributed by atoms with E-state index in [-0.39, 0.29) is 35.7 Å². The predicted octanol–water partition coefficient (Wildman–Crippen LogP) is 2.03. The van der Waals surface area contributed by atoms with E-state index in [1.165, 1.54) is 17.3 Å². The highest BCUT2D eigenvalue weighted by Gasteiger charge is 2.33. The number of alkyl halides is 3. The van der Waals surface area contributed by atoms with Crippen molar-refractivity contribution in [2.75, 3.05) is 36.4 Å². The van der Waals surface area contributed by atoms with Gasteiger partial charge in [0, 0.05) is 38.8 Å². The summed E-state index contributed by atoms with van der Waals surface area (Å²) >= 11 is 0.741. The van der Waals surface area contributed by atoms with Crippen LogP contribution in [0.1, 0.15) is 12.5 Å². The van der Waals surface area contributed by atoms with Crippen molar-refractivity contribution in [2.24, 2.45) is 0 Å². The van der Waals surface area contributed by atoms with E-state index in [0.29, 0.717) is 5.69 Å². The first-order chi connectivity index (χ1) is 13.1. The van der Waals surface area contributed by atoms with Crippen molar-refractivity contribution < 1.29 is 26.4 Å². The van der Waals surface area contributed by atoms with Gasteiger partial charge in [-0.1, -0.05) is 17.4 Å². The molecule has 0 atom stereocenters. The molecule has 0 spiro atoms. The van der Waals surface area contributed by atoms with Crippen LogP contribution in [-0.2, 0) is 21.0 Å². The summed E-state index contributed by atoms with van der Waals surface area (Å²) in [5, 5.41) is 9.69. The zero-order chi connectivity index (χ0) is 20.5. The molecule has 0 bridgehead atoms. The number of amides is 1. The second-order valence-electron chi connectivity index (χ2n) is 5.99. The summed E-state index contributed by atoms with van der Waals surface area (Å²) in [6.45, 7) is 1.92. The minimum atomic E-state index is -4.44. The molecule has 1 N–H and O–H groups in total. The highest BCUT2D eigenvalue weighted by molar-refractivity contribution is 7.91. The number of nitrogens with one attached hydrogen (secondary N) is 1. The van der Waals surface area contributed by atoms with Gasteiger partial charge < -0.3 is 10.2 Å². The molecule has 1 aromatic heterocycles. The molecule has 1 aliphatic heterocycles. The summed E-state index contributed by atoms with van der Waals surface area (Å²) in [6.07, 6.45) is -4.44. The molecule has 28 heavy (non-hydrogen) atoms. The summed E-state index contributed by atoms with van der Waals surface area (Å²) in [5.74, 6) is -0.394. The Balaban J connectivity index is 1.69. The van der Waals surface area contributed by atoms with Crippen molar-refractivity contribution in [1.82, 2.24) is 14.5 Å². The van der Waals surface area contributed by atoms with Gasteiger partial charge in [0.1, 0.15) is 0 Å². The number of anilines is 2. The molecular formula is C15H16F3N5O3S2. The molecule has 152 valence electrons. The monoisotopic (exact) mass is 435 g/mol. The topological polar surface area (TPSA) is 95.5 Å². The lowest BCUT2D eigenvalue weighted by atomic mass is 10.1. The molecule has 0 aliphatic carbocycles. The summed E-state index contributed by atoms with van der Waals surface area (Å²) in [6, 6.07) is 4.93. The first-order valence-electron chi connectivity index (χ1n) is 8.11. The second-order valence-corrected chi connectivity index (χ2v) is 9.08. The molecule has 2 aromatic rings. The SMILES string of the molecule is CC(=O)Nc1nnc(S(=O)(=O)N2CCN(c3cccc(C(F)(F)F)c3)CC2)s1. The molecule has 3 rings (SSSR count). The highest BCUT2D eigenvalue weighted by Crippen LogP contribution is 2.32. The maximum absolute atomic E-state index is 12.9. The molecule has 0 saturated carbocycles. The Morgan fingerprint density at radius 3 is 2.46 bits per heavy atom. The fourth-order valence-corrected chi connectivity index (χ4v) is 5.20. The van der Waals surface area contributed by atoms with Crippen molar-refractivity contribution in [2.45, 2.75) is 17.4 Å². The van der Waals surface area contributed by atoms with Gasteiger partial charge in [0.15, 0.2) is 0 Å². The number of hydrogen-bond donors (Lipinski definition) is 1. The molecule has 1 aromatic carbocycles. The zero-order valence-electron chi connectivity index (χ0n) is 14.6. The molecule has 0 unspecified atom stereocenters. The number of aromatic nitrogens is 2. The van der Waals surface area contributed by atoms with E-state index in [0.717, 1.165) is 23.5 Å². The number of piperazine rings is 1. The van der Waals surface area contributed by atoms with Gasteiger partial charge in [-0.3, -0.25) is 4.79 Å². The number of rotatable bonds is 4. The van der Waals surface area contributed by atoms with Crippen LogP contribution in [0.25, 0.3) is 0 Å². The Labute approximate surface area is 163 Å². The van der Waals surface area contributed by atoms with Gasteiger partial charge in [-0.2, -0.15) is 17.5 Å². The van der Waals surface area contributed by atoms with Crippen LogP contribution in [0.5, 0.6) is 0 Å². The lowest BCUT2D eigenvalue weighted by Crippen LogP contribution is -2.48. The van der Waals surface area contributed by atoms with Crippen molar-refractivity contribution in [3.05, 3.63) is 29.8 Å². The van der Waals surface area contributed by atoms with Crippen LogP contribution in [-0.4, -0.2) is 55.0 Å². The Morgan fingerprint density at radius 2 is 1.86 bits per heavy atom. The largest absolute Gasteiger partial charge is 0.416 e. The minimum Gasteiger partial charge on any atom is -0.369 e. The summed E-state index contributed by atoms with van der Waals surface area (Å²) in [4.78, 5) is 12.7. The predicted molar refractivity (Wildman–Crippen MR) is 96.6 cm³/mol. The second kappa shape index (κ2) is 7.64. The van der Waals surface area contributed by atoms with E-state index in [1.807, 2.05) is 0 Å². The molecule has 2 heterocycles. The van der Waals surface area contributed by atoms with Crippen LogP contribution in [0.4, 0.5) is 24.0 Å².